The summed E-state index contributed by atoms with van der Waals surface area (Å²) in [6, 6.07) is 18.0. The Morgan fingerprint density at radius 3 is 2.77 bits per heavy atom. The van der Waals surface area contributed by atoms with Gasteiger partial charge in [-0.2, -0.15) is 0 Å². The van der Waals surface area contributed by atoms with Gasteiger partial charge in [-0.25, -0.2) is 4.98 Å². The molecule has 0 saturated carbocycles. The van der Waals surface area contributed by atoms with Crippen LogP contribution in [0.2, 0.25) is 0 Å². The monoisotopic (exact) mass is 399 g/mol. The Hall–Kier alpha value is -3.41. The summed E-state index contributed by atoms with van der Waals surface area (Å²) in [6.07, 6.45) is 3.04. The molecule has 1 amide bonds. The molecule has 152 valence electrons. The highest BCUT2D eigenvalue weighted by molar-refractivity contribution is 5.82. The SMILES string of the molecule is Nc1cc2ccccc2nc1C1CCCN(C(=O)CCc2nc3ccccc3[nH]2)C1. The maximum Gasteiger partial charge on any atom is 0.223 e. The zero-order valence-corrected chi connectivity index (χ0v) is 16.8. The van der Waals surface area contributed by atoms with Crippen LogP contribution in [0.1, 0.15) is 36.7 Å². The smallest absolute Gasteiger partial charge is 0.223 e. The summed E-state index contributed by atoms with van der Waals surface area (Å²) in [6.45, 7) is 1.47. The van der Waals surface area contributed by atoms with Gasteiger partial charge in [0.1, 0.15) is 5.82 Å². The van der Waals surface area contributed by atoms with Crippen LogP contribution in [0.5, 0.6) is 0 Å². The van der Waals surface area contributed by atoms with E-state index in [-0.39, 0.29) is 11.8 Å². The average molecular weight is 399 g/mol. The Bertz CT molecular complexity index is 1180. The number of aromatic nitrogens is 3. The van der Waals surface area contributed by atoms with Crippen LogP contribution in [0.25, 0.3) is 21.9 Å². The quantitative estimate of drug-likeness (QED) is 0.542. The van der Waals surface area contributed by atoms with E-state index < -0.39 is 0 Å². The number of nitrogens with one attached hydrogen (secondary N) is 1. The number of imidazole rings is 1. The van der Waals surface area contributed by atoms with Crippen LogP contribution in [-0.2, 0) is 11.2 Å². The molecule has 0 radical (unpaired) electrons. The number of rotatable bonds is 4. The maximum atomic E-state index is 12.9. The number of carbonyl (C=O) groups is 1. The largest absolute Gasteiger partial charge is 0.397 e. The van der Waals surface area contributed by atoms with E-state index in [1.807, 2.05) is 59.5 Å². The number of hydrogen-bond donors (Lipinski definition) is 2. The number of piperidine rings is 1. The fourth-order valence-electron chi connectivity index (χ4n) is 4.41. The highest BCUT2D eigenvalue weighted by Crippen LogP contribution is 2.31. The molecule has 1 fully saturated rings. The number of carbonyl (C=O) groups excluding carboxylic acids is 1. The van der Waals surface area contributed by atoms with Gasteiger partial charge in [-0.15, -0.1) is 0 Å². The van der Waals surface area contributed by atoms with Crippen molar-refractivity contribution >= 4 is 33.5 Å². The molecular formula is C24H25N5O. The van der Waals surface area contributed by atoms with Crippen LogP contribution in [0.15, 0.2) is 54.6 Å². The Labute approximate surface area is 175 Å². The summed E-state index contributed by atoms with van der Waals surface area (Å²) in [5, 5.41) is 1.05. The topological polar surface area (TPSA) is 87.9 Å². The number of nitrogen functional groups attached to an aromatic ring is 1. The lowest BCUT2D eigenvalue weighted by Crippen LogP contribution is -2.39. The predicted molar refractivity (Wildman–Crippen MR) is 119 cm³/mol. The van der Waals surface area contributed by atoms with Crippen LogP contribution in [-0.4, -0.2) is 38.8 Å². The molecule has 5 rings (SSSR count). The Morgan fingerprint density at radius 1 is 1.10 bits per heavy atom. The minimum atomic E-state index is 0.166. The number of likely N-dealkylation sites (tertiary alicyclic amines) is 1. The third-order valence-electron chi connectivity index (χ3n) is 5.96. The number of anilines is 1. The van der Waals surface area contributed by atoms with Gasteiger partial charge in [0.25, 0.3) is 0 Å². The van der Waals surface area contributed by atoms with Gasteiger partial charge in [0.15, 0.2) is 0 Å². The Morgan fingerprint density at radius 2 is 1.90 bits per heavy atom. The molecule has 1 saturated heterocycles. The number of amides is 1. The predicted octanol–water partition coefficient (Wildman–Crippen LogP) is 4.03. The van der Waals surface area contributed by atoms with Crippen molar-refractivity contribution in [2.24, 2.45) is 0 Å². The third-order valence-corrected chi connectivity index (χ3v) is 5.96. The van der Waals surface area contributed by atoms with E-state index in [1.165, 1.54) is 0 Å². The molecule has 3 N–H and O–H groups in total. The van der Waals surface area contributed by atoms with E-state index >= 15 is 0 Å². The van der Waals surface area contributed by atoms with Crippen LogP contribution in [0, 0.1) is 0 Å². The van der Waals surface area contributed by atoms with E-state index in [0.717, 1.165) is 58.5 Å². The number of nitrogens with zero attached hydrogens (tertiary/aromatic N) is 3. The second kappa shape index (κ2) is 7.78. The van der Waals surface area contributed by atoms with Gasteiger partial charge in [0.05, 0.1) is 27.9 Å². The van der Waals surface area contributed by atoms with Crippen LogP contribution < -0.4 is 5.73 Å². The van der Waals surface area contributed by atoms with E-state index in [2.05, 4.69) is 9.97 Å². The fraction of sp³-hybridized carbons (Fsp3) is 0.292. The molecule has 1 aliphatic heterocycles. The molecule has 3 heterocycles. The molecule has 1 unspecified atom stereocenters. The maximum absolute atomic E-state index is 12.9. The normalized spacial score (nSPS) is 16.9. The van der Waals surface area contributed by atoms with Gasteiger partial charge in [-0.05, 0) is 37.1 Å². The lowest BCUT2D eigenvalue weighted by Gasteiger charge is -2.33. The lowest BCUT2D eigenvalue weighted by atomic mass is 9.92. The molecule has 0 aliphatic carbocycles. The van der Waals surface area contributed by atoms with E-state index in [4.69, 9.17) is 10.7 Å². The standard InChI is InChI=1S/C24H25N5O/c25-18-14-16-6-1-2-8-19(16)28-24(18)17-7-5-13-29(15-17)23(30)12-11-22-26-20-9-3-4-10-21(20)27-22/h1-4,6,8-10,14,17H,5,7,11-13,15,25H2,(H,26,27). The van der Waals surface area contributed by atoms with Crippen LogP contribution in [0.4, 0.5) is 5.69 Å². The van der Waals surface area contributed by atoms with E-state index in [9.17, 15) is 4.79 Å². The summed E-state index contributed by atoms with van der Waals surface area (Å²) in [7, 11) is 0. The summed E-state index contributed by atoms with van der Waals surface area (Å²) in [5.41, 5.74) is 10.9. The van der Waals surface area contributed by atoms with Crippen molar-refractivity contribution in [1.82, 2.24) is 19.9 Å². The van der Waals surface area contributed by atoms with Crippen LogP contribution >= 0.6 is 0 Å². The molecule has 2 aromatic heterocycles. The zero-order valence-electron chi connectivity index (χ0n) is 16.8. The molecule has 0 spiro atoms. The van der Waals surface area contributed by atoms with E-state index in [1.54, 1.807) is 0 Å². The number of fused-ring (bicyclic) bond motifs is 2. The number of aromatic amines is 1. The first-order valence-electron chi connectivity index (χ1n) is 10.5. The van der Waals surface area contributed by atoms with Crippen molar-refractivity contribution < 1.29 is 4.79 Å². The molecule has 6 heteroatoms. The summed E-state index contributed by atoms with van der Waals surface area (Å²) in [4.78, 5) is 27.6. The second-order valence-electron chi connectivity index (χ2n) is 8.04. The minimum Gasteiger partial charge on any atom is -0.397 e. The van der Waals surface area contributed by atoms with Crippen molar-refractivity contribution in [3.05, 3.63) is 66.1 Å². The van der Waals surface area contributed by atoms with Crippen molar-refractivity contribution in [2.45, 2.75) is 31.6 Å². The van der Waals surface area contributed by atoms with Crippen molar-refractivity contribution in [3.63, 3.8) is 0 Å². The number of hydrogen-bond acceptors (Lipinski definition) is 4. The van der Waals surface area contributed by atoms with Crippen molar-refractivity contribution in [2.75, 3.05) is 18.8 Å². The highest BCUT2D eigenvalue weighted by Gasteiger charge is 2.27. The molecule has 2 aromatic carbocycles. The Balaban J connectivity index is 1.28. The van der Waals surface area contributed by atoms with Gasteiger partial charge in [-0.3, -0.25) is 9.78 Å². The minimum absolute atomic E-state index is 0.166. The first-order chi connectivity index (χ1) is 14.7. The molecule has 4 aromatic rings. The molecule has 6 nitrogen and oxygen atoms in total. The summed E-state index contributed by atoms with van der Waals surface area (Å²) in [5.74, 6) is 1.21. The second-order valence-corrected chi connectivity index (χ2v) is 8.04. The fourth-order valence-corrected chi connectivity index (χ4v) is 4.41. The van der Waals surface area contributed by atoms with Gasteiger partial charge in [-0.1, -0.05) is 30.3 Å². The van der Waals surface area contributed by atoms with Gasteiger partial charge in [0.2, 0.25) is 5.91 Å². The van der Waals surface area contributed by atoms with Gasteiger partial charge >= 0.3 is 0 Å². The zero-order chi connectivity index (χ0) is 20.5. The first kappa shape index (κ1) is 18.6. The molecule has 1 aliphatic rings. The number of nitrogens with two attached hydrogens (primary N) is 1. The van der Waals surface area contributed by atoms with Crippen LogP contribution in [0.3, 0.4) is 0 Å². The summed E-state index contributed by atoms with van der Waals surface area (Å²) >= 11 is 0. The number of H-pyrrole nitrogens is 1. The Kier molecular flexibility index (Phi) is 4.83. The number of para-hydroxylation sites is 3. The molecule has 1 atom stereocenters. The molecule has 0 bridgehead atoms. The summed E-state index contributed by atoms with van der Waals surface area (Å²) < 4.78 is 0. The molecular weight excluding hydrogens is 374 g/mol. The number of benzene rings is 2. The lowest BCUT2D eigenvalue weighted by molar-refractivity contribution is -0.132. The van der Waals surface area contributed by atoms with Crippen molar-refractivity contribution in [1.29, 1.82) is 0 Å². The number of pyridine rings is 1. The first-order valence-corrected chi connectivity index (χ1v) is 10.5. The van der Waals surface area contributed by atoms with Gasteiger partial charge in [0, 0.05) is 37.2 Å². The van der Waals surface area contributed by atoms with Gasteiger partial charge < -0.3 is 15.6 Å². The van der Waals surface area contributed by atoms with Crippen molar-refractivity contribution in [3.8, 4) is 0 Å². The highest BCUT2D eigenvalue weighted by atomic mass is 16.2. The number of aryl methyl sites for hydroxylation is 1. The average Bonchev–Trinajstić information content (AvgIpc) is 3.20. The third kappa shape index (κ3) is 3.61. The molecule has 30 heavy (non-hydrogen) atoms. The van der Waals surface area contributed by atoms with E-state index in [0.29, 0.717) is 19.4 Å².